The van der Waals surface area contributed by atoms with Crippen LogP contribution in [0.1, 0.15) is 6.92 Å². The summed E-state index contributed by atoms with van der Waals surface area (Å²) in [6, 6.07) is 0. The van der Waals surface area contributed by atoms with Crippen molar-refractivity contribution >= 4 is 17.8 Å². The van der Waals surface area contributed by atoms with E-state index in [0.717, 1.165) is 0 Å². The van der Waals surface area contributed by atoms with Gasteiger partial charge in [0.15, 0.2) is 5.22 Å². The van der Waals surface area contributed by atoms with E-state index in [4.69, 9.17) is 16.7 Å². The maximum absolute atomic E-state index is 9.62. The van der Waals surface area contributed by atoms with Gasteiger partial charge in [0, 0.05) is 0 Å². The van der Waals surface area contributed by atoms with Crippen LogP contribution in [0.2, 0.25) is 0 Å². The van der Waals surface area contributed by atoms with Gasteiger partial charge < -0.3 is 9.84 Å². The topological polar surface area (TPSA) is 46.5 Å². The van der Waals surface area contributed by atoms with E-state index in [0.29, 0.717) is 0 Å². The summed E-state index contributed by atoms with van der Waals surface area (Å²) in [5.41, 5.74) is 0. The van der Waals surface area contributed by atoms with Crippen LogP contribution >= 0.6 is 11.6 Å². The molecule has 0 aliphatic rings. The Labute approximate surface area is 51.5 Å². The molecule has 0 radical (unpaired) electrons. The van der Waals surface area contributed by atoms with Crippen LogP contribution in [0.5, 0.6) is 0 Å². The highest BCUT2D eigenvalue weighted by Gasteiger charge is 1.96. The lowest BCUT2D eigenvalue weighted by Gasteiger charge is -1.91. The molecule has 1 N–H and O–H groups in total. The van der Waals surface area contributed by atoms with Gasteiger partial charge in [-0.2, -0.15) is 0 Å². The van der Waals surface area contributed by atoms with Crippen LogP contribution in [-0.4, -0.2) is 11.3 Å². The molecule has 0 saturated carbocycles. The van der Waals surface area contributed by atoms with Crippen molar-refractivity contribution in [2.45, 2.75) is 6.92 Å². The molecule has 46 valence electrons. The molecule has 0 atom stereocenters. The van der Waals surface area contributed by atoms with Crippen LogP contribution < -0.4 is 0 Å². The van der Waals surface area contributed by atoms with Crippen LogP contribution in [0.4, 0.5) is 4.79 Å². The van der Waals surface area contributed by atoms with E-state index >= 15 is 0 Å². The molecule has 0 saturated heterocycles. The number of hydrogen-bond donors (Lipinski definition) is 1. The Balaban J connectivity index is 3.56. The minimum absolute atomic E-state index is 0.127. The van der Waals surface area contributed by atoms with Gasteiger partial charge in [-0.3, -0.25) is 0 Å². The lowest BCUT2D eigenvalue weighted by atomic mass is 10.7. The maximum atomic E-state index is 9.62. The van der Waals surface area contributed by atoms with Gasteiger partial charge >= 0.3 is 6.16 Å². The van der Waals surface area contributed by atoms with Gasteiger partial charge in [0.2, 0.25) is 0 Å². The predicted molar refractivity (Wildman–Crippen MR) is 28.7 cm³/mol. The Morgan fingerprint density at radius 2 is 2.38 bits per heavy atom. The summed E-state index contributed by atoms with van der Waals surface area (Å²) < 4.78 is 3.94. The summed E-state index contributed by atoms with van der Waals surface area (Å²) in [4.78, 5) is 9.62. The molecule has 0 aromatic heterocycles. The van der Waals surface area contributed by atoms with Gasteiger partial charge in [0.1, 0.15) is 0 Å². The first-order chi connectivity index (χ1) is 3.66. The summed E-state index contributed by atoms with van der Waals surface area (Å²) in [5.74, 6) is 0. The molecule has 0 aliphatic carbocycles. The first-order valence-corrected chi connectivity index (χ1v) is 2.27. The van der Waals surface area contributed by atoms with Crippen LogP contribution in [0.15, 0.2) is 11.3 Å². The maximum Gasteiger partial charge on any atom is 0.512 e. The first-order valence-electron chi connectivity index (χ1n) is 1.89. The smallest absolute Gasteiger partial charge is 0.449 e. The Kier molecular flexibility index (Phi) is 3.03. The van der Waals surface area contributed by atoms with E-state index in [1.165, 1.54) is 6.08 Å². The van der Waals surface area contributed by atoms with Crippen molar-refractivity contribution in [2.75, 3.05) is 0 Å². The third-order valence-electron chi connectivity index (χ3n) is 0.412. The lowest BCUT2D eigenvalue weighted by molar-refractivity contribution is 0.124. The minimum Gasteiger partial charge on any atom is -0.449 e. The second kappa shape index (κ2) is 3.32. The molecule has 8 heavy (non-hydrogen) atoms. The van der Waals surface area contributed by atoms with E-state index in [1.54, 1.807) is 6.92 Å². The standard InChI is InChI=1S/C4H5ClO3/c1-2-3(5)8-4(6)7/h2H,1H3,(H,6,7)/b3-2+. The van der Waals surface area contributed by atoms with Crippen molar-refractivity contribution in [3.8, 4) is 0 Å². The SMILES string of the molecule is C/C=C(\Cl)OC(=O)O. The molecule has 0 rings (SSSR count). The summed E-state index contributed by atoms with van der Waals surface area (Å²) in [7, 11) is 0. The molecule has 0 aromatic rings. The lowest BCUT2D eigenvalue weighted by Crippen LogP contribution is -1.94. The summed E-state index contributed by atoms with van der Waals surface area (Å²) >= 11 is 5.12. The monoisotopic (exact) mass is 136 g/mol. The van der Waals surface area contributed by atoms with E-state index in [-0.39, 0.29) is 5.22 Å². The second-order valence-electron chi connectivity index (χ2n) is 0.961. The average Bonchev–Trinajstić information content (AvgIpc) is 1.65. The average molecular weight is 137 g/mol. The Morgan fingerprint density at radius 1 is 1.88 bits per heavy atom. The van der Waals surface area contributed by atoms with Gasteiger partial charge in [-0.05, 0) is 24.6 Å². The highest BCUT2D eigenvalue weighted by atomic mass is 35.5. The molecule has 0 amide bonds. The number of halogens is 1. The van der Waals surface area contributed by atoms with Crippen molar-refractivity contribution in [1.82, 2.24) is 0 Å². The molecule has 0 unspecified atom stereocenters. The zero-order valence-corrected chi connectivity index (χ0v) is 4.97. The molecular formula is C4H5ClO3. The highest BCUT2D eigenvalue weighted by Crippen LogP contribution is 2.01. The Hall–Kier alpha value is -0.700. The number of allylic oxidation sites excluding steroid dienone is 1. The number of ether oxygens (including phenoxy) is 1. The zero-order chi connectivity index (χ0) is 6.57. The van der Waals surface area contributed by atoms with Gasteiger partial charge in [-0.25, -0.2) is 4.79 Å². The fourth-order valence-corrected chi connectivity index (χ4v) is 0.208. The molecule has 0 aromatic carbocycles. The normalized spacial score (nSPS) is 11.0. The summed E-state index contributed by atoms with van der Waals surface area (Å²) in [6.45, 7) is 1.57. The zero-order valence-electron chi connectivity index (χ0n) is 4.22. The van der Waals surface area contributed by atoms with E-state index in [2.05, 4.69) is 4.74 Å². The van der Waals surface area contributed by atoms with Crippen molar-refractivity contribution in [1.29, 1.82) is 0 Å². The molecule has 0 spiro atoms. The van der Waals surface area contributed by atoms with Gasteiger partial charge in [-0.15, -0.1) is 0 Å². The first kappa shape index (κ1) is 7.30. The third kappa shape index (κ3) is 3.49. The number of carboxylic acid groups (broad SMARTS) is 1. The molecule has 4 heteroatoms. The fraction of sp³-hybridized carbons (Fsp3) is 0.250. The Morgan fingerprint density at radius 3 is 2.50 bits per heavy atom. The number of rotatable bonds is 1. The van der Waals surface area contributed by atoms with Crippen LogP contribution in [-0.2, 0) is 4.74 Å². The molecular weight excluding hydrogens is 131 g/mol. The fourth-order valence-electron chi connectivity index (χ4n) is 0.142. The van der Waals surface area contributed by atoms with Crippen molar-refractivity contribution in [2.24, 2.45) is 0 Å². The number of carbonyl (C=O) groups is 1. The summed E-state index contributed by atoms with van der Waals surface area (Å²) in [5, 5.41) is 7.74. The van der Waals surface area contributed by atoms with Gasteiger partial charge in [-0.1, -0.05) is 0 Å². The van der Waals surface area contributed by atoms with Gasteiger partial charge in [0.25, 0.3) is 0 Å². The Bertz CT molecular complexity index is 118. The van der Waals surface area contributed by atoms with E-state index in [1.807, 2.05) is 0 Å². The van der Waals surface area contributed by atoms with Crippen LogP contribution in [0.25, 0.3) is 0 Å². The second-order valence-corrected chi connectivity index (χ2v) is 1.33. The molecule has 0 fully saturated rings. The minimum atomic E-state index is -1.40. The quantitative estimate of drug-likeness (QED) is 0.442. The van der Waals surface area contributed by atoms with E-state index < -0.39 is 6.16 Å². The van der Waals surface area contributed by atoms with E-state index in [9.17, 15) is 4.79 Å². The molecule has 0 heterocycles. The predicted octanol–water partition coefficient (Wildman–Crippen LogP) is 1.78. The van der Waals surface area contributed by atoms with Gasteiger partial charge in [0.05, 0.1) is 0 Å². The third-order valence-corrected chi connectivity index (χ3v) is 0.707. The van der Waals surface area contributed by atoms with Crippen LogP contribution in [0.3, 0.4) is 0 Å². The molecule has 0 aliphatic heterocycles. The van der Waals surface area contributed by atoms with Crippen molar-refractivity contribution in [3.05, 3.63) is 11.3 Å². The van der Waals surface area contributed by atoms with Crippen molar-refractivity contribution in [3.63, 3.8) is 0 Å². The van der Waals surface area contributed by atoms with Crippen molar-refractivity contribution < 1.29 is 14.6 Å². The highest BCUT2D eigenvalue weighted by molar-refractivity contribution is 6.28. The largest absolute Gasteiger partial charge is 0.512 e. The molecule has 3 nitrogen and oxygen atoms in total. The molecule has 0 bridgehead atoms. The summed E-state index contributed by atoms with van der Waals surface area (Å²) in [6.07, 6.45) is -0.0523. The van der Waals surface area contributed by atoms with Crippen LogP contribution in [0, 0.1) is 0 Å². The number of hydrogen-bond acceptors (Lipinski definition) is 2.